The van der Waals surface area contributed by atoms with Crippen LogP contribution in [-0.2, 0) is 23.9 Å². The number of carbonyl (C=O) groups excluding carboxylic acids is 4. The normalized spacial score (nSPS) is 33.6. The number of Topliss-reactive ketones (excluding diaryl/α,β-unsaturated/α-hetero) is 2. The third-order valence-corrected chi connectivity index (χ3v) is 7.42. The molecule has 7 heteroatoms. The average molecular weight is 497 g/mol. The molecule has 1 saturated carbocycles. The van der Waals surface area contributed by atoms with Crippen LogP contribution in [0.15, 0.2) is 53.6 Å². The molecule has 7 nitrogen and oxygen atoms in total. The van der Waals surface area contributed by atoms with Gasteiger partial charge in [0.2, 0.25) is 5.78 Å². The fourth-order valence-electron chi connectivity index (χ4n) is 5.15. The Bertz CT molecular complexity index is 1100. The summed E-state index contributed by atoms with van der Waals surface area (Å²) in [7, 11) is 0. The van der Waals surface area contributed by atoms with Crippen LogP contribution < -0.4 is 0 Å². The quantitative estimate of drug-likeness (QED) is 0.489. The Morgan fingerprint density at radius 3 is 2.33 bits per heavy atom. The molecule has 3 rings (SSSR count). The highest BCUT2D eigenvalue weighted by Gasteiger charge is 2.60. The van der Waals surface area contributed by atoms with Crippen LogP contribution in [0.3, 0.4) is 0 Å². The Kier molecular flexibility index (Phi) is 8.04. The molecule has 0 spiro atoms. The zero-order valence-electron chi connectivity index (χ0n) is 21.9. The molecule has 0 unspecified atom stereocenters. The van der Waals surface area contributed by atoms with Crippen LogP contribution in [0.1, 0.15) is 71.2 Å². The maximum absolute atomic E-state index is 14.0. The molecular formula is C29H36O7. The van der Waals surface area contributed by atoms with E-state index in [1.807, 2.05) is 6.92 Å². The van der Waals surface area contributed by atoms with Crippen molar-refractivity contribution in [1.82, 2.24) is 0 Å². The Labute approximate surface area is 212 Å². The summed E-state index contributed by atoms with van der Waals surface area (Å²) in [5.41, 5.74) is -1.21. The van der Waals surface area contributed by atoms with E-state index in [4.69, 9.17) is 9.47 Å². The van der Waals surface area contributed by atoms with E-state index in [-0.39, 0.29) is 24.5 Å². The molecule has 0 aromatic heterocycles. The van der Waals surface area contributed by atoms with Gasteiger partial charge in [-0.1, -0.05) is 51.1 Å². The SMILES string of the molecule is CC(=O)O[C@]12C[C@@H](C)[C@H](OC(=O)c3ccccc3)[C@@H]1/C=C(\C)[C@H](O)CC(=O)C(C)(C)C/C=C(\C)C2=O. The molecule has 2 aliphatic carbocycles. The first kappa shape index (κ1) is 27.5. The molecule has 194 valence electrons. The minimum atomic E-state index is -1.61. The van der Waals surface area contributed by atoms with Crippen molar-refractivity contribution in [3.8, 4) is 0 Å². The van der Waals surface area contributed by atoms with Crippen molar-refractivity contribution in [1.29, 1.82) is 0 Å². The van der Waals surface area contributed by atoms with Crippen molar-refractivity contribution < 1.29 is 33.8 Å². The van der Waals surface area contributed by atoms with E-state index in [0.717, 1.165) is 0 Å². The Hall–Kier alpha value is -3.06. The molecular weight excluding hydrogens is 460 g/mol. The number of allylic oxidation sites excluding steroid dienone is 1. The number of benzene rings is 1. The van der Waals surface area contributed by atoms with Crippen LogP contribution >= 0.6 is 0 Å². The van der Waals surface area contributed by atoms with Crippen LogP contribution in [0.5, 0.6) is 0 Å². The molecule has 0 heterocycles. The molecule has 1 aromatic rings. The maximum atomic E-state index is 14.0. The van der Waals surface area contributed by atoms with Crippen LogP contribution in [0.25, 0.3) is 0 Å². The number of ketones is 2. The second-order valence-electron chi connectivity index (χ2n) is 10.8. The summed E-state index contributed by atoms with van der Waals surface area (Å²) < 4.78 is 11.8. The monoisotopic (exact) mass is 496 g/mol. The Morgan fingerprint density at radius 1 is 1.08 bits per heavy atom. The van der Waals surface area contributed by atoms with Crippen molar-refractivity contribution >= 4 is 23.5 Å². The maximum Gasteiger partial charge on any atom is 0.338 e. The number of aliphatic hydroxyl groups excluding tert-OH is 1. The van der Waals surface area contributed by atoms with Gasteiger partial charge in [-0.05, 0) is 49.5 Å². The highest BCUT2D eigenvalue weighted by molar-refractivity contribution is 6.03. The topological polar surface area (TPSA) is 107 Å². The van der Waals surface area contributed by atoms with Gasteiger partial charge in [-0.3, -0.25) is 14.4 Å². The van der Waals surface area contributed by atoms with E-state index in [9.17, 15) is 24.3 Å². The van der Waals surface area contributed by atoms with E-state index in [1.165, 1.54) is 6.92 Å². The minimum absolute atomic E-state index is 0.0898. The van der Waals surface area contributed by atoms with Gasteiger partial charge in [-0.2, -0.15) is 0 Å². The third kappa shape index (κ3) is 5.51. The average Bonchev–Trinajstić information content (AvgIpc) is 3.07. The first-order valence-electron chi connectivity index (χ1n) is 12.4. The molecule has 0 saturated heterocycles. The zero-order valence-corrected chi connectivity index (χ0v) is 21.9. The lowest BCUT2D eigenvalue weighted by molar-refractivity contribution is -0.168. The lowest BCUT2D eigenvalue weighted by atomic mass is 9.77. The van der Waals surface area contributed by atoms with Gasteiger partial charge in [0.1, 0.15) is 11.9 Å². The molecule has 0 bridgehead atoms. The molecule has 1 fully saturated rings. The first-order valence-corrected chi connectivity index (χ1v) is 12.4. The summed E-state index contributed by atoms with van der Waals surface area (Å²) in [6, 6.07) is 8.52. The molecule has 0 amide bonds. The lowest BCUT2D eigenvalue weighted by Gasteiger charge is -2.35. The Balaban J connectivity index is 2.15. The van der Waals surface area contributed by atoms with Crippen molar-refractivity contribution in [2.24, 2.45) is 17.3 Å². The van der Waals surface area contributed by atoms with Crippen LogP contribution in [0, 0.1) is 17.3 Å². The van der Waals surface area contributed by atoms with Crippen LogP contribution in [-0.4, -0.2) is 46.4 Å². The van der Waals surface area contributed by atoms with Gasteiger partial charge in [0.05, 0.1) is 17.6 Å². The van der Waals surface area contributed by atoms with Gasteiger partial charge in [-0.25, -0.2) is 4.79 Å². The summed E-state index contributed by atoms with van der Waals surface area (Å²) in [5, 5.41) is 10.9. The summed E-state index contributed by atoms with van der Waals surface area (Å²) in [6.45, 7) is 9.97. The van der Waals surface area contributed by atoms with E-state index in [0.29, 0.717) is 23.1 Å². The van der Waals surface area contributed by atoms with Crippen molar-refractivity contribution in [2.75, 3.05) is 0 Å². The molecule has 0 radical (unpaired) electrons. The van der Waals surface area contributed by atoms with Gasteiger partial charge in [0, 0.05) is 25.2 Å². The molecule has 1 aromatic carbocycles. The first-order chi connectivity index (χ1) is 16.8. The number of hydrogen-bond donors (Lipinski definition) is 1. The van der Waals surface area contributed by atoms with E-state index >= 15 is 0 Å². The largest absolute Gasteiger partial charge is 0.458 e. The summed E-state index contributed by atoms with van der Waals surface area (Å²) in [6.07, 6.45) is 1.80. The standard InChI is InChI=1S/C29H36O7/c1-17-12-13-28(5,6)24(32)15-23(31)18(2)14-22-25(35-27(34)21-10-8-7-9-11-21)19(3)16-29(22,26(17)33)36-20(4)30/h7-12,14,19,22-23,25,31H,13,15-16H2,1-6H3/b17-12+,18-14+/t19-,22+,23-,25+,29-/m1/s1. The minimum Gasteiger partial charge on any atom is -0.458 e. The van der Waals surface area contributed by atoms with Gasteiger partial charge >= 0.3 is 11.9 Å². The van der Waals surface area contributed by atoms with Crippen molar-refractivity contribution in [2.45, 2.75) is 78.6 Å². The third-order valence-electron chi connectivity index (χ3n) is 7.42. The van der Waals surface area contributed by atoms with E-state index < -0.39 is 46.9 Å². The summed E-state index contributed by atoms with van der Waals surface area (Å²) in [4.78, 5) is 52.2. The Morgan fingerprint density at radius 2 is 1.72 bits per heavy atom. The zero-order chi connectivity index (χ0) is 26.8. The van der Waals surface area contributed by atoms with Gasteiger partial charge in [-0.15, -0.1) is 0 Å². The van der Waals surface area contributed by atoms with Crippen molar-refractivity contribution in [3.05, 3.63) is 59.2 Å². The summed E-state index contributed by atoms with van der Waals surface area (Å²) >= 11 is 0. The van der Waals surface area contributed by atoms with Crippen molar-refractivity contribution in [3.63, 3.8) is 0 Å². The molecule has 2 aliphatic rings. The van der Waals surface area contributed by atoms with E-state index in [2.05, 4.69) is 0 Å². The lowest BCUT2D eigenvalue weighted by Crippen LogP contribution is -2.49. The predicted octanol–water partition coefficient (Wildman–Crippen LogP) is 4.38. The summed E-state index contributed by atoms with van der Waals surface area (Å²) in [5.74, 6) is -2.88. The van der Waals surface area contributed by atoms with Gasteiger partial charge < -0.3 is 14.6 Å². The number of carbonyl (C=O) groups is 4. The second kappa shape index (κ2) is 10.5. The fraction of sp³-hybridized carbons (Fsp3) is 0.517. The smallest absolute Gasteiger partial charge is 0.338 e. The number of aliphatic hydroxyl groups is 1. The fourth-order valence-corrected chi connectivity index (χ4v) is 5.15. The molecule has 5 atom stereocenters. The number of fused-ring (bicyclic) bond motifs is 1. The van der Waals surface area contributed by atoms with Crippen LogP contribution in [0.4, 0.5) is 0 Å². The molecule has 36 heavy (non-hydrogen) atoms. The predicted molar refractivity (Wildman–Crippen MR) is 134 cm³/mol. The van der Waals surface area contributed by atoms with Crippen LogP contribution in [0.2, 0.25) is 0 Å². The number of rotatable bonds is 3. The van der Waals surface area contributed by atoms with Gasteiger partial charge in [0.25, 0.3) is 0 Å². The molecule has 1 N–H and O–H groups in total. The second-order valence-corrected chi connectivity index (χ2v) is 10.8. The van der Waals surface area contributed by atoms with Gasteiger partial charge in [0.15, 0.2) is 5.60 Å². The number of ether oxygens (including phenoxy) is 2. The number of hydrogen-bond acceptors (Lipinski definition) is 7. The highest BCUT2D eigenvalue weighted by atomic mass is 16.6. The highest BCUT2D eigenvalue weighted by Crippen LogP contribution is 2.48. The number of esters is 2. The molecule has 0 aliphatic heterocycles. The van der Waals surface area contributed by atoms with E-state index in [1.54, 1.807) is 70.2 Å².